The van der Waals surface area contributed by atoms with Gasteiger partial charge in [-0.2, -0.15) is 0 Å². The Morgan fingerprint density at radius 3 is 1.34 bits per heavy atom. The van der Waals surface area contributed by atoms with Gasteiger partial charge in [0, 0.05) is 23.3 Å². The van der Waals surface area contributed by atoms with Gasteiger partial charge in [-0.15, -0.1) is 0 Å². The lowest BCUT2D eigenvalue weighted by atomic mass is 10.1. The predicted molar refractivity (Wildman–Crippen MR) is 134 cm³/mol. The van der Waals surface area contributed by atoms with Gasteiger partial charge in [0.2, 0.25) is 0 Å². The first kappa shape index (κ1) is 27.2. The van der Waals surface area contributed by atoms with Crippen molar-refractivity contribution in [3.63, 3.8) is 0 Å². The first-order chi connectivity index (χ1) is 18.1. The molecule has 3 aromatic carbocycles. The van der Waals surface area contributed by atoms with E-state index in [9.17, 15) is 29.4 Å². The molecule has 38 heavy (non-hydrogen) atoms. The highest BCUT2D eigenvalue weighted by Crippen LogP contribution is 2.23. The SMILES string of the molecule is O=C(O)C(=O)/C=C(\O)c1cccc(OCc2ccccc2COc2cccc(/C(O)=C/C(=O)C(=O)O)c2)c1. The summed E-state index contributed by atoms with van der Waals surface area (Å²) in [5.74, 6) is -6.16. The fourth-order valence-electron chi connectivity index (χ4n) is 3.19. The molecular formula is C28H22O10. The quantitative estimate of drug-likeness (QED) is 0.156. The maximum atomic E-state index is 11.3. The van der Waals surface area contributed by atoms with Gasteiger partial charge in [0.05, 0.1) is 0 Å². The summed E-state index contributed by atoms with van der Waals surface area (Å²) in [5, 5.41) is 37.4. The van der Waals surface area contributed by atoms with Crippen molar-refractivity contribution in [2.24, 2.45) is 0 Å². The maximum absolute atomic E-state index is 11.3. The van der Waals surface area contributed by atoms with Gasteiger partial charge >= 0.3 is 11.9 Å². The molecule has 194 valence electrons. The fraction of sp³-hybridized carbons (Fsp3) is 0.0714. The molecule has 0 aromatic heterocycles. The molecule has 0 radical (unpaired) electrons. The van der Waals surface area contributed by atoms with Crippen LogP contribution in [0.15, 0.2) is 84.9 Å². The molecule has 0 aliphatic heterocycles. The second kappa shape index (κ2) is 12.5. The van der Waals surface area contributed by atoms with E-state index >= 15 is 0 Å². The molecule has 10 nitrogen and oxygen atoms in total. The standard InChI is InChI=1S/C28H22O10/c29-23(13-25(31)27(33)34)17-7-3-9-21(11-17)37-15-19-5-1-2-6-20(19)16-38-22-10-4-8-18(12-22)24(30)14-26(32)28(35)36/h1-14,29-30H,15-16H2,(H,33,34)(H,35,36)/b23-13-,24-14-. The summed E-state index contributed by atoms with van der Waals surface area (Å²) in [5.41, 5.74) is 1.97. The lowest BCUT2D eigenvalue weighted by Crippen LogP contribution is -2.09. The predicted octanol–water partition coefficient (Wildman–Crippen LogP) is 3.95. The molecular weight excluding hydrogens is 496 g/mol. The van der Waals surface area contributed by atoms with Crippen LogP contribution in [0.3, 0.4) is 0 Å². The molecule has 0 fully saturated rings. The summed E-state index contributed by atoms with van der Waals surface area (Å²) in [6.07, 6.45) is 1.23. The number of aliphatic carboxylic acids is 2. The minimum atomic E-state index is -1.68. The molecule has 3 aromatic rings. The summed E-state index contributed by atoms with van der Waals surface area (Å²) in [6, 6.07) is 19.6. The van der Waals surface area contributed by atoms with Crippen molar-refractivity contribution < 1.29 is 49.1 Å². The summed E-state index contributed by atoms with van der Waals surface area (Å²) in [6.45, 7) is 0.255. The van der Waals surface area contributed by atoms with Gasteiger partial charge in [-0.05, 0) is 35.4 Å². The monoisotopic (exact) mass is 518 g/mol. The number of hydrogen-bond donors (Lipinski definition) is 4. The largest absolute Gasteiger partial charge is 0.507 e. The van der Waals surface area contributed by atoms with Crippen molar-refractivity contribution >= 4 is 35.0 Å². The van der Waals surface area contributed by atoms with Gasteiger partial charge in [0.15, 0.2) is 0 Å². The third-order valence-electron chi connectivity index (χ3n) is 5.12. The maximum Gasteiger partial charge on any atom is 0.376 e. The minimum Gasteiger partial charge on any atom is -0.507 e. The van der Waals surface area contributed by atoms with Crippen LogP contribution in [0.2, 0.25) is 0 Å². The van der Waals surface area contributed by atoms with E-state index in [0.717, 1.165) is 11.1 Å². The fourth-order valence-corrected chi connectivity index (χ4v) is 3.19. The number of ether oxygens (including phenoxy) is 2. The number of ketones is 2. The third-order valence-corrected chi connectivity index (χ3v) is 5.12. The molecule has 10 heteroatoms. The number of hydrogen-bond acceptors (Lipinski definition) is 8. The number of aliphatic hydroxyl groups excluding tert-OH is 2. The van der Waals surface area contributed by atoms with Crippen molar-refractivity contribution in [3.8, 4) is 11.5 Å². The molecule has 0 unspecified atom stereocenters. The Labute approximate surface area is 216 Å². The van der Waals surface area contributed by atoms with Gasteiger partial charge in [0.25, 0.3) is 11.6 Å². The summed E-state index contributed by atoms with van der Waals surface area (Å²) >= 11 is 0. The Morgan fingerprint density at radius 1 is 0.579 bits per heavy atom. The first-order valence-corrected chi connectivity index (χ1v) is 11.0. The summed E-state index contributed by atoms with van der Waals surface area (Å²) in [7, 11) is 0. The lowest BCUT2D eigenvalue weighted by molar-refractivity contribution is -0.146. The van der Waals surface area contributed by atoms with Crippen LogP contribution in [0, 0.1) is 0 Å². The molecule has 0 spiro atoms. The molecule has 0 saturated heterocycles. The van der Waals surface area contributed by atoms with Crippen LogP contribution < -0.4 is 9.47 Å². The van der Waals surface area contributed by atoms with Gasteiger partial charge in [-0.3, -0.25) is 9.59 Å². The van der Waals surface area contributed by atoms with E-state index in [1.165, 1.54) is 24.3 Å². The number of carboxylic acid groups (broad SMARTS) is 2. The number of rotatable bonds is 12. The molecule has 0 atom stereocenters. The molecule has 0 aliphatic carbocycles. The van der Waals surface area contributed by atoms with Crippen molar-refractivity contribution in [1.29, 1.82) is 0 Å². The second-order valence-corrected chi connectivity index (χ2v) is 7.80. The van der Waals surface area contributed by atoms with Crippen LogP contribution in [0.25, 0.3) is 11.5 Å². The summed E-state index contributed by atoms with van der Waals surface area (Å²) < 4.78 is 11.6. The number of aliphatic hydroxyl groups is 2. The van der Waals surface area contributed by atoms with E-state index in [1.54, 1.807) is 24.3 Å². The van der Waals surface area contributed by atoms with Crippen LogP contribution in [0.5, 0.6) is 11.5 Å². The highest BCUT2D eigenvalue weighted by Gasteiger charge is 2.13. The summed E-state index contributed by atoms with van der Waals surface area (Å²) in [4.78, 5) is 44.0. The van der Waals surface area contributed by atoms with E-state index in [0.29, 0.717) is 23.7 Å². The second-order valence-electron chi connectivity index (χ2n) is 7.80. The highest BCUT2D eigenvalue weighted by atomic mass is 16.5. The minimum absolute atomic E-state index is 0.127. The molecule has 0 saturated carbocycles. The molecule has 0 aliphatic rings. The van der Waals surface area contributed by atoms with Gasteiger partial charge in [-0.25, -0.2) is 9.59 Å². The Morgan fingerprint density at radius 2 is 0.974 bits per heavy atom. The van der Waals surface area contributed by atoms with Crippen LogP contribution in [-0.2, 0) is 32.4 Å². The van der Waals surface area contributed by atoms with Crippen LogP contribution in [-0.4, -0.2) is 43.9 Å². The number of benzene rings is 3. The molecule has 4 N–H and O–H groups in total. The van der Waals surface area contributed by atoms with Gasteiger partial charge in [-0.1, -0.05) is 48.5 Å². The van der Waals surface area contributed by atoms with E-state index in [1.807, 2.05) is 24.3 Å². The van der Waals surface area contributed by atoms with E-state index in [4.69, 9.17) is 19.7 Å². The topological polar surface area (TPSA) is 168 Å². The van der Waals surface area contributed by atoms with Crippen molar-refractivity contribution in [2.45, 2.75) is 13.2 Å². The van der Waals surface area contributed by atoms with Crippen molar-refractivity contribution in [1.82, 2.24) is 0 Å². The third kappa shape index (κ3) is 7.56. The molecule has 0 heterocycles. The zero-order valence-electron chi connectivity index (χ0n) is 19.7. The van der Waals surface area contributed by atoms with E-state index in [2.05, 4.69) is 0 Å². The van der Waals surface area contributed by atoms with Crippen molar-refractivity contribution in [2.75, 3.05) is 0 Å². The van der Waals surface area contributed by atoms with E-state index < -0.39 is 35.0 Å². The Kier molecular flexibility index (Phi) is 8.98. The number of carboxylic acids is 2. The van der Waals surface area contributed by atoms with Gasteiger partial charge < -0.3 is 29.9 Å². The highest BCUT2D eigenvalue weighted by molar-refractivity contribution is 6.39. The Balaban J connectivity index is 1.68. The average Bonchev–Trinajstić information content (AvgIpc) is 2.91. The molecule has 0 bridgehead atoms. The van der Waals surface area contributed by atoms with Crippen LogP contribution >= 0.6 is 0 Å². The van der Waals surface area contributed by atoms with Crippen LogP contribution in [0.4, 0.5) is 0 Å². The van der Waals surface area contributed by atoms with Gasteiger partial charge in [0.1, 0.15) is 36.2 Å². The molecule has 3 rings (SSSR count). The molecule has 0 amide bonds. The van der Waals surface area contributed by atoms with E-state index in [-0.39, 0.29) is 24.3 Å². The zero-order valence-corrected chi connectivity index (χ0v) is 19.7. The van der Waals surface area contributed by atoms with Crippen LogP contribution in [0.1, 0.15) is 22.3 Å². The Bertz CT molecular complexity index is 1330. The Hall–Kier alpha value is -5.38. The smallest absolute Gasteiger partial charge is 0.376 e. The zero-order chi connectivity index (χ0) is 27.7. The van der Waals surface area contributed by atoms with Crippen molar-refractivity contribution in [3.05, 3.63) is 107 Å². The lowest BCUT2D eigenvalue weighted by Gasteiger charge is -2.13. The number of carbonyl (C=O) groups is 4. The first-order valence-electron chi connectivity index (χ1n) is 11.0. The normalized spacial score (nSPS) is 11.5. The number of carbonyl (C=O) groups excluding carboxylic acids is 2. The average molecular weight is 518 g/mol.